The van der Waals surface area contributed by atoms with Crippen molar-refractivity contribution in [2.24, 2.45) is 11.8 Å². The quantitative estimate of drug-likeness (QED) is 0.451. The predicted molar refractivity (Wildman–Crippen MR) is 125 cm³/mol. The van der Waals surface area contributed by atoms with Crippen LogP contribution in [0.2, 0.25) is 5.02 Å². The molecule has 0 aliphatic carbocycles. The van der Waals surface area contributed by atoms with Crippen molar-refractivity contribution in [3.8, 4) is 11.5 Å². The van der Waals surface area contributed by atoms with Crippen LogP contribution in [-0.4, -0.2) is 38.0 Å². The molecule has 1 aliphatic heterocycles. The zero-order valence-corrected chi connectivity index (χ0v) is 19.6. The third-order valence-corrected chi connectivity index (χ3v) is 5.59. The highest BCUT2D eigenvalue weighted by molar-refractivity contribution is 6.30. The van der Waals surface area contributed by atoms with Crippen LogP contribution in [0.4, 0.5) is 5.69 Å². The monoisotopic (exact) mass is 473 g/mol. The van der Waals surface area contributed by atoms with E-state index in [2.05, 4.69) is 24.7 Å². The van der Waals surface area contributed by atoms with E-state index in [0.717, 1.165) is 6.42 Å². The standard InChI is InChI=1S/C24H28ClN3O5/c1-15(2)11-13-33-20-9-4-16(14-21(20)32-3)22(29)26-27-23(30)19-10-12-28(24(19)31)18-7-5-17(25)6-8-18/h4-9,14-15,19H,10-13H2,1-3H3,(H,26,29)(H,27,30). The van der Waals surface area contributed by atoms with Crippen molar-refractivity contribution >= 4 is 35.0 Å². The van der Waals surface area contributed by atoms with E-state index < -0.39 is 17.7 Å². The Morgan fingerprint density at radius 2 is 1.85 bits per heavy atom. The molecular weight excluding hydrogens is 446 g/mol. The number of ether oxygens (including phenoxy) is 2. The van der Waals surface area contributed by atoms with Crippen LogP contribution in [0.5, 0.6) is 11.5 Å². The fraction of sp³-hybridized carbons (Fsp3) is 0.375. The summed E-state index contributed by atoms with van der Waals surface area (Å²) in [6.07, 6.45) is 1.24. The van der Waals surface area contributed by atoms with Crippen LogP contribution in [-0.2, 0) is 9.59 Å². The van der Waals surface area contributed by atoms with Gasteiger partial charge in [0.25, 0.3) is 11.8 Å². The SMILES string of the molecule is COc1cc(C(=O)NNC(=O)C2CCN(c3ccc(Cl)cc3)C2=O)ccc1OCCC(C)C. The van der Waals surface area contributed by atoms with Crippen LogP contribution >= 0.6 is 11.6 Å². The van der Waals surface area contributed by atoms with Crippen LogP contribution in [0.15, 0.2) is 42.5 Å². The number of nitrogens with one attached hydrogen (secondary N) is 2. The summed E-state index contributed by atoms with van der Waals surface area (Å²) in [7, 11) is 1.49. The highest BCUT2D eigenvalue weighted by atomic mass is 35.5. The van der Waals surface area contributed by atoms with Gasteiger partial charge in [-0.1, -0.05) is 25.4 Å². The minimum absolute atomic E-state index is 0.281. The Kier molecular flexibility index (Phi) is 8.16. The number of amides is 3. The number of anilines is 1. The van der Waals surface area contributed by atoms with E-state index in [1.165, 1.54) is 18.1 Å². The average Bonchev–Trinajstić information content (AvgIpc) is 3.19. The maximum Gasteiger partial charge on any atom is 0.269 e. The van der Waals surface area contributed by atoms with Gasteiger partial charge in [0.15, 0.2) is 11.5 Å². The second-order valence-corrected chi connectivity index (χ2v) is 8.58. The molecule has 0 spiro atoms. The van der Waals surface area contributed by atoms with E-state index in [9.17, 15) is 14.4 Å². The first-order chi connectivity index (χ1) is 15.8. The molecule has 9 heteroatoms. The molecule has 8 nitrogen and oxygen atoms in total. The molecule has 3 amide bonds. The molecule has 0 radical (unpaired) electrons. The molecule has 1 fully saturated rings. The lowest BCUT2D eigenvalue weighted by Crippen LogP contribution is -2.46. The smallest absolute Gasteiger partial charge is 0.269 e. The van der Waals surface area contributed by atoms with Crippen LogP contribution < -0.4 is 25.2 Å². The number of benzene rings is 2. The van der Waals surface area contributed by atoms with E-state index in [1.807, 2.05) is 0 Å². The maximum absolute atomic E-state index is 12.7. The lowest BCUT2D eigenvalue weighted by atomic mass is 10.1. The fourth-order valence-electron chi connectivity index (χ4n) is 3.41. The molecule has 1 saturated heterocycles. The molecular formula is C24H28ClN3O5. The van der Waals surface area contributed by atoms with Crippen molar-refractivity contribution in [1.29, 1.82) is 0 Å². The molecule has 1 unspecified atom stereocenters. The molecule has 0 saturated carbocycles. The summed E-state index contributed by atoms with van der Waals surface area (Å²) in [4.78, 5) is 39.3. The summed E-state index contributed by atoms with van der Waals surface area (Å²) < 4.78 is 11.1. The van der Waals surface area contributed by atoms with Crippen LogP contribution in [0, 0.1) is 11.8 Å². The molecule has 2 aromatic rings. The zero-order chi connectivity index (χ0) is 24.0. The summed E-state index contributed by atoms with van der Waals surface area (Å²) in [5, 5.41) is 0.564. The lowest BCUT2D eigenvalue weighted by Gasteiger charge is -2.17. The highest BCUT2D eigenvalue weighted by Gasteiger charge is 2.37. The van der Waals surface area contributed by atoms with Gasteiger partial charge in [-0.15, -0.1) is 0 Å². The van der Waals surface area contributed by atoms with Gasteiger partial charge in [-0.2, -0.15) is 0 Å². The van der Waals surface area contributed by atoms with Crippen LogP contribution in [0.1, 0.15) is 37.0 Å². The number of hydrazine groups is 1. The molecule has 176 valence electrons. The number of rotatable bonds is 8. The van der Waals surface area contributed by atoms with Gasteiger partial charge in [-0.3, -0.25) is 25.2 Å². The van der Waals surface area contributed by atoms with Crippen LogP contribution in [0.3, 0.4) is 0 Å². The number of carbonyl (C=O) groups excluding carboxylic acids is 3. The number of halogens is 1. The molecule has 0 bridgehead atoms. The predicted octanol–water partition coefficient (Wildman–Crippen LogP) is 3.59. The first-order valence-corrected chi connectivity index (χ1v) is 11.2. The second-order valence-electron chi connectivity index (χ2n) is 8.15. The Bertz CT molecular complexity index is 1010. The second kappa shape index (κ2) is 11.0. The third kappa shape index (κ3) is 6.16. The van der Waals surface area contributed by atoms with Crippen molar-refractivity contribution in [3.05, 3.63) is 53.1 Å². The highest BCUT2D eigenvalue weighted by Crippen LogP contribution is 2.29. The molecule has 2 N–H and O–H groups in total. The van der Waals surface area contributed by atoms with Gasteiger partial charge >= 0.3 is 0 Å². The van der Waals surface area contributed by atoms with Gasteiger partial charge in [0.2, 0.25) is 5.91 Å². The van der Waals surface area contributed by atoms with Gasteiger partial charge < -0.3 is 14.4 Å². The molecule has 1 heterocycles. The Hall–Kier alpha value is -3.26. The summed E-state index contributed by atoms with van der Waals surface area (Å²) in [6, 6.07) is 11.6. The van der Waals surface area contributed by atoms with E-state index in [-0.39, 0.29) is 11.5 Å². The number of carbonyl (C=O) groups is 3. The summed E-state index contributed by atoms with van der Waals surface area (Å²) >= 11 is 5.89. The van der Waals surface area contributed by atoms with Gasteiger partial charge in [0, 0.05) is 22.8 Å². The van der Waals surface area contributed by atoms with Crippen molar-refractivity contribution in [2.45, 2.75) is 26.7 Å². The summed E-state index contributed by atoms with van der Waals surface area (Å²) in [6.45, 7) is 5.16. The van der Waals surface area contributed by atoms with E-state index in [4.69, 9.17) is 21.1 Å². The van der Waals surface area contributed by atoms with Crippen molar-refractivity contribution < 1.29 is 23.9 Å². The van der Waals surface area contributed by atoms with Gasteiger partial charge in [-0.25, -0.2) is 0 Å². The largest absolute Gasteiger partial charge is 0.493 e. The molecule has 3 rings (SSSR count). The van der Waals surface area contributed by atoms with E-state index in [0.29, 0.717) is 47.7 Å². The molecule has 33 heavy (non-hydrogen) atoms. The van der Waals surface area contributed by atoms with Crippen molar-refractivity contribution in [2.75, 3.05) is 25.2 Å². The molecule has 1 aliphatic rings. The third-order valence-electron chi connectivity index (χ3n) is 5.34. The summed E-state index contributed by atoms with van der Waals surface area (Å²) in [5.74, 6) is -0.837. The van der Waals surface area contributed by atoms with Crippen molar-refractivity contribution in [1.82, 2.24) is 10.9 Å². The molecule has 1 atom stereocenters. The van der Waals surface area contributed by atoms with E-state index >= 15 is 0 Å². The number of methoxy groups -OCH3 is 1. The zero-order valence-electron chi connectivity index (χ0n) is 18.9. The number of hydrogen-bond donors (Lipinski definition) is 2. The van der Waals surface area contributed by atoms with Crippen molar-refractivity contribution in [3.63, 3.8) is 0 Å². The van der Waals surface area contributed by atoms with E-state index in [1.54, 1.807) is 36.4 Å². The molecule has 0 aromatic heterocycles. The van der Waals surface area contributed by atoms with Gasteiger partial charge in [0.1, 0.15) is 5.92 Å². The number of hydrogen-bond acceptors (Lipinski definition) is 5. The lowest BCUT2D eigenvalue weighted by molar-refractivity contribution is -0.132. The number of nitrogens with zero attached hydrogens (tertiary/aromatic N) is 1. The van der Waals surface area contributed by atoms with Gasteiger partial charge in [-0.05, 0) is 61.2 Å². The first-order valence-electron chi connectivity index (χ1n) is 10.8. The Morgan fingerprint density at radius 3 is 2.52 bits per heavy atom. The maximum atomic E-state index is 12.7. The van der Waals surface area contributed by atoms with Gasteiger partial charge in [0.05, 0.1) is 13.7 Å². The fourth-order valence-corrected chi connectivity index (χ4v) is 3.54. The Labute approximate surface area is 198 Å². The molecule has 2 aromatic carbocycles. The summed E-state index contributed by atoms with van der Waals surface area (Å²) in [5.41, 5.74) is 5.67. The topological polar surface area (TPSA) is 97.0 Å². The Morgan fingerprint density at radius 1 is 1.12 bits per heavy atom. The average molecular weight is 474 g/mol. The normalized spacial score (nSPS) is 15.5. The first kappa shape index (κ1) is 24.4. The minimum Gasteiger partial charge on any atom is -0.493 e. The van der Waals surface area contributed by atoms with Crippen LogP contribution in [0.25, 0.3) is 0 Å². The minimum atomic E-state index is -0.882. The Balaban J connectivity index is 1.56.